The van der Waals surface area contributed by atoms with Gasteiger partial charge in [-0.2, -0.15) is 13.2 Å². The minimum atomic E-state index is -4.71. The average molecular weight is 444 g/mol. The van der Waals surface area contributed by atoms with E-state index in [2.05, 4.69) is 20.6 Å². The smallest absolute Gasteiger partial charge is 0.405 e. The average Bonchev–Trinajstić information content (AvgIpc) is 2.72. The monoisotopic (exact) mass is 444 g/mol. The van der Waals surface area contributed by atoms with E-state index in [1.165, 1.54) is 18.6 Å². The van der Waals surface area contributed by atoms with Crippen LogP contribution in [0.25, 0.3) is 0 Å². The highest BCUT2D eigenvalue weighted by Crippen LogP contribution is 2.34. The molecule has 7 nitrogen and oxygen atoms in total. The zero-order valence-corrected chi connectivity index (χ0v) is 18.3. The summed E-state index contributed by atoms with van der Waals surface area (Å²) < 4.78 is 47.7. The van der Waals surface area contributed by atoms with Crippen molar-refractivity contribution in [1.82, 2.24) is 20.6 Å². The van der Waals surface area contributed by atoms with Crippen LogP contribution in [0, 0.1) is 11.3 Å². The van der Waals surface area contributed by atoms with Crippen molar-refractivity contribution in [2.24, 2.45) is 11.3 Å². The number of ether oxygens (including phenoxy) is 1. The van der Waals surface area contributed by atoms with Gasteiger partial charge in [0.2, 0.25) is 0 Å². The minimum absolute atomic E-state index is 0.0652. The number of methoxy groups -OCH3 is 1. The Balaban J connectivity index is 2.41. The second-order valence-corrected chi connectivity index (χ2v) is 9.00. The first-order chi connectivity index (χ1) is 14.4. The number of aromatic nitrogens is 2. The number of carbonyl (C=O) groups is 2. The number of hydrogen-bond acceptors (Lipinski definition) is 6. The van der Waals surface area contributed by atoms with E-state index in [1.807, 2.05) is 0 Å². The highest BCUT2D eigenvalue weighted by atomic mass is 19.4. The summed E-state index contributed by atoms with van der Waals surface area (Å²) in [5.74, 6) is -1.92. The molecular weight excluding hydrogens is 413 g/mol. The number of nitrogens with zero attached hydrogens (tertiary/aromatic N) is 2. The lowest BCUT2D eigenvalue weighted by Gasteiger charge is -2.41. The molecule has 3 atom stereocenters. The first-order valence-corrected chi connectivity index (χ1v) is 10.4. The van der Waals surface area contributed by atoms with Gasteiger partial charge in [0.05, 0.1) is 19.3 Å². The summed E-state index contributed by atoms with van der Waals surface area (Å²) in [5.41, 5.74) is -0.910. The van der Waals surface area contributed by atoms with Gasteiger partial charge in [0.15, 0.2) is 0 Å². The molecule has 1 amide bonds. The normalized spacial score (nSPS) is 18.7. The summed E-state index contributed by atoms with van der Waals surface area (Å²) in [6, 6.07) is -4.63. The molecule has 0 spiro atoms. The predicted molar refractivity (Wildman–Crippen MR) is 108 cm³/mol. The van der Waals surface area contributed by atoms with E-state index in [4.69, 9.17) is 4.74 Å². The van der Waals surface area contributed by atoms with E-state index in [1.54, 1.807) is 20.8 Å². The van der Waals surface area contributed by atoms with Crippen LogP contribution in [0.15, 0.2) is 18.6 Å². The maximum absolute atomic E-state index is 14.3. The molecule has 31 heavy (non-hydrogen) atoms. The molecule has 2 rings (SSSR count). The van der Waals surface area contributed by atoms with Crippen molar-refractivity contribution >= 4 is 11.9 Å². The van der Waals surface area contributed by atoms with Crippen molar-refractivity contribution in [3.8, 4) is 0 Å². The topological polar surface area (TPSA) is 93.2 Å². The maximum Gasteiger partial charge on any atom is 0.405 e. The Morgan fingerprint density at radius 3 is 2.26 bits per heavy atom. The molecule has 10 heteroatoms. The third-order valence-electron chi connectivity index (χ3n) is 5.61. The van der Waals surface area contributed by atoms with Crippen LogP contribution in [-0.2, 0) is 9.53 Å². The molecule has 1 aliphatic carbocycles. The molecule has 2 unspecified atom stereocenters. The molecule has 1 fully saturated rings. The van der Waals surface area contributed by atoms with E-state index in [0.29, 0.717) is 12.8 Å². The number of halogens is 3. The Morgan fingerprint density at radius 2 is 1.77 bits per heavy atom. The first-order valence-electron chi connectivity index (χ1n) is 10.4. The van der Waals surface area contributed by atoms with E-state index < -0.39 is 47.5 Å². The Bertz CT molecular complexity index is 732. The van der Waals surface area contributed by atoms with Crippen molar-refractivity contribution in [3.05, 3.63) is 24.3 Å². The lowest BCUT2D eigenvalue weighted by Crippen LogP contribution is -2.65. The van der Waals surface area contributed by atoms with Crippen molar-refractivity contribution in [2.45, 2.75) is 77.2 Å². The summed E-state index contributed by atoms with van der Waals surface area (Å²) in [6.07, 6.45) is 2.79. The van der Waals surface area contributed by atoms with Gasteiger partial charge in [-0.3, -0.25) is 19.9 Å². The molecule has 2 N–H and O–H groups in total. The molecule has 174 valence electrons. The number of esters is 1. The lowest BCUT2D eigenvalue weighted by atomic mass is 9.79. The lowest BCUT2D eigenvalue weighted by molar-refractivity contribution is -0.173. The second kappa shape index (κ2) is 10.4. The molecule has 0 aromatic carbocycles. The van der Waals surface area contributed by atoms with E-state index in [-0.39, 0.29) is 5.69 Å². The second-order valence-electron chi connectivity index (χ2n) is 9.00. The fourth-order valence-electron chi connectivity index (χ4n) is 3.98. The number of rotatable bonds is 7. The van der Waals surface area contributed by atoms with Crippen LogP contribution in [0.2, 0.25) is 0 Å². The first kappa shape index (κ1) is 25.0. The van der Waals surface area contributed by atoms with Crippen molar-refractivity contribution in [1.29, 1.82) is 0 Å². The van der Waals surface area contributed by atoms with Gasteiger partial charge >= 0.3 is 12.1 Å². The van der Waals surface area contributed by atoms with Crippen LogP contribution in [0.1, 0.15) is 63.4 Å². The summed E-state index contributed by atoms with van der Waals surface area (Å²) in [5, 5.41) is 5.04. The number of carbonyl (C=O) groups excluding carboxylic acids is 2. The standard InChI is InChI=1S/C21H31F3N4O3/c1-20(2,3)17(19(30)31-4)28-16(21(22,23)24)15(13-8-6-5-7-9-13)27-18(29)14-12-25-10-11-26-14/h10-13,15-17,28H,5-9H2,1-4H3,(H,27,29)/t15?,16?,17-/m1/s1. The molecule has 0 saturated heterocycles. The Kier molecular flexibility index (Phi) is 8.39. The molecule has 1 saturated carbocycles. The van der Waals surface area contributed by atoms with Gasteiger partial charge in [-0.1, -0.05) is 40.0 Å². The Labute approximate surface area is 180 Å². The van der Waals surface area contributed by atoms with Crippen LogP contribution < -0.4 is 10.6 Å². The van der Waals surface area contributed by atoms with Gasteiger partial charge in [0, 0.05) is 12.4 Å². The van der Waals surface area contributed by atoms with Gasteiger partial charge in [-0.15, -0.1) is 0 Å². The van der Waals surface area contributed by atoms with Crippen LogP contribution in [0.5, 0.6) is 0 Å². The summed E-state index contributed by atoms with van der Waals surface area (Å²) in [7, 11) is 1.14. The Morgan fingerprint density at radius 1 is 1.13 bits per heavy atom. The highest BCUT2D eigenvalue weighted by Gasteiger charge is 2.51. The van der Waals surface area contributed by atoms with E-state index in [9.17, 15) is 22.8 Å². The van der Waals surface area contributed by atoms with Gasteiger partial charge in [0.1, 0.15) is 17.8 Å². The van der Waals surface area contributed by atoms with Crippen LogP contribution in [-0.4, -0.2) is 53.3 Å². The fourth-order valence-corrected chi connectivity index (χ4v) is 3.98. The maximum atomic E-state index is 14.3. The van der Waals surface area contributed by atoms with Crippen LogP contribution >= 0.6 is 0 Å². The third kappa shape index (κ3) is 6.88. The van der Waals surface area contributed by atoms with Gasteiger partial charge in [-0.25, -0.2) is 4.98 Å². The zero-order valence-electron chi connectivity index (χ0n) is 18.3. The predicted octanol–water partition coefficient (Wildman–Crippen LogP) is 3.26. The highest BCUT2D eigenvalue weighted by molar-refractivity contribution is 5.92. The van der Waals surface area contributed by atoms with Gasteiger partial charge in [0.25, 0.3) is 5.91 Å². The third-order valence-corrected chi connectivity index (χ3v) is 5.61. The summed E-state index contributed by atoms with van der Waals surface area (Å²) >= 11 is 0. The quantitative estimate of drug-likeness (QED) is 0.627. The number of nitrogens with one attached hydrogen (secondary N) is 2. The number of hydrogen-bond donors (Lipinski definition) is 2. The molecule has 0 bridgehead atoms. The molecule has 0 radical (unpaired) electrons. The SMILES string of the molecule is COC(=O)[C@@H](NC(C(NC(=O)c1cnccn1)C1CCCCC1)C(F)(F)F)C(C)(C)C. The summed E-state index contributed by atoms with van der Waals surface area (Å²) in [4.78, 5) is 32.7. The van der Waals surface area contributed by atoms with E-state index >= 15 is 0 Å². The molecule has 1 aromatic heterocycles. The van der Waals surface area contributed by atoms with Crippen molar-refractivity contribution in [3.63, 3.8) is 0 Å². The van der Waals surface area contributed by atoms with Crippen LogP contribution in [0.4, 0.5) is 13.2 Å². The Hall–Kier alpha value is -2.23. The zero-order chi connectivity index (χ0) is 23.2. The van der Waals surface area contributed by atoms with E-state index in [0.717, 1.165) is 26.4 Å². The summed E-state index contributed by atoms with van der Waals surface area (Å²) in [6.45, 7) is 4.97. The fraction of sp³-hybridized carbons (Fsp3) is 0.714. The van der Waals surface area contributed by atoms with Crippen LogP contribution in [0.3, 0.4) is 0 Å². The molecular formula is C21H31F3N4O3. The minimum Gasteiger partial charge on any atom is -0.468 e. The van der Waals surface area contributed by atoms with Gasteiger partial charge < -0.3 is 10.1 Å². The molecule has 1 aliphatic rings. The molecule has 1 aromatic rings. The molecule has 0 aliphatic heterocycles. The number of alkyl halides is 3. The van der Waals surface area contributed by atoms with Gasteiger partial charge in [-0.05, 0) is 24.2 Å². The van der Waals surface area contributed by atoms with Crippen molar-refractivity contribution < 1.29 is 27.5 Å². The number of amides is 1. The van der Waals surface area contributed by atoms with Crippen molar-refractivity contribution in [2.75, 3.05) is 7.11 Å². The molecule has 1 heterocycles. The largest absolute Gasteiger partial charge is 0.468 e.